The van der Waals surface area contributed by atoms with Gasteiger partial charge in [0, 0.05) is 32.1 Å². The molecule has 0 aliphatic heterocycles. The summed E-state index contributed by atoms with van der Waals surface area (Å²) in [7, 11) is 0. The molecule has 1 unspecified atom stereocenters. The summed E-state index contributed by atoms with van der Waals surface area (Å²) in [6.45, 7) is 0.628. The van der Waals surface area contributed by atoms with E-state index < -0.39 is 11.7 Å². The highest BCUT2D eigenvalue weighted by Crippen LogP contribution is 2.33. The van der Waals surface area contributed by atoms with Crippen LogP contribution >= 0.6 is 11.6 Å². The van der Waals surface area contributed by atoms with Crippen LogP contribution in [0.5, 0.6) is 5.75 Å². The topological polar surface area (TPSA) is 101 Å². The van der Waals surface area contributed by atoms with Crippen molar-refractivity contribution in [3.05, 3.63) is 71.4 Å². The molecule has 1 aromatic carbocycles. The van der Waals surface area contributed by atoms with Gasteiger partial charge in [-0.1, -0.05) is 23.7 Å². The molecule has 0 saturated heterocycles. The number of hydrogen-bond acceptors (Lipinski definition) is 6. The Morgan fingerprint density at radius 1 is 1.28 bits per heavy atom. The molecule has 3 N–H and O–H groups in total. The van der Waals surface area contributed by atoms with Crippen LogP contribution in [0.15, 0.2) is 65.8 Å². The molecule has 1 aliphatic carbocycles. The molecule has 0 bridgehead atoms. The number of fused-ring (bicyclic) bond motifs is 1. The highest BCUT2D eigenvalue weighted by atomic mass is 35.5. The largest absolute Gasteiger partial charge is 0.456 e. The van der Waals surface area contributed by atoms with Crippen LogP contribution in [0.3, 0.4) is 0 Å². The van der Waals surface area contributed by atoms with Crippen molar-refractivity contribution in [2.75, 3.05) is 18.5 Å². The van der Waals surface area contributed by atoms with Gasteiger partial charge in [-0.3, -0.25) is 4.79 Å². The molecular weight excluding hydrogens is 499 g/mol. The van der Waals surface area contributed by atoms with Crippen LogP contribution in [-0.4, -0.2) is 44.7 Å². The number of nitrogens with one attached hydrogen (secondary N) is 2. The molecule has 0 saturated carbocycles. The average Bonchev–Trinajstić information content (AvgIpc) is 3.25. The second kappa shape index (κ2) is 11.0. The average molecular weight is 522 g/mol. The lowest BCUT2D eigenvalue weighted by molar-refractivity contribution is -0.137. The van der Waals surface area contributed by atoms with Crippen molar-refractivity contribution in [3.8, 4) is 5.75 Å². The summed E-state index contributed by atoms with van der Waals surface area (Å²) in [6, 6.07) is 6.19. The minimum absolute atomic E-state index is 0.0375. The quantitative estimate of drug-likeness (QED) is 0.390. The van der Waals surface area contributed by atoms with Crippen molar-refractivity contribution in [3.63, 3.8) is 0 Å². The predicted octanol–water partition coefficient (Wildman–Crippen LogP) is 4.22. The van der Waals surface area contributed by atoms with Gasteiger partial charge >= 0.3 is 6.18 Å². The zero-order valence-corrected chi connectivity index (χ0v) is 19.7. The number of alkyl halides is 3. The maximum absolute atomic E-state index is 13.0. The SMILES string of the molecule is O=C(CCO)NCCn1ccc2ncnc(NC3C=CC(Oc4cccc(C(F)(F)F)c4)=C(Cl)C3)c21. The number of halogens is 4. The lowest BCUT2D eigenvalue weighted by Gasteiger charge is -2.22. The Morgan fingerprint density at radius 2 is 2.11 bits per heavy atom. The van der Waals surface area contributed by atoms with Crippen molar-refractivity contribution in [1.29, 1.82) is 0 Å². The Morgan fingerprint density at radius 3 is 2.86 bits per heavy atom. The van der Waals surface area contributed by atoms with Crippen LogP contribution in [0, 0.1) is 0 Å². The summed E-state index contributed by atoms with van der Waals surface area (Å²) in [6.07, 6.45) is 2.58. The monoisotopic (exact) mass is 521 g/mol. The number of amides is 1. The molecule has 1 aliphatic rings. The number of aromatic nitrogens is 3. The van der Waals surface area contributed by atoms with Crippen LogP contribution < -0.4 is 15.4 Å². The summed E-state index contributed by atoms with van der Waals surface area (Å²) < 4.78 is 46.5. The number of carbonyl (C=O) groups is 1. The van der Waals surface area contributed by atoms with E-state index in [1.807, 2.05) is 16.8 Å². The normalized spacial score (nSPS) is 15.9. The van der Waals surface area contributed by atoms with Crippen LogP contribution in [0.2, 0.25) is 0 Å². The van der Waals surface area contributed by atoms with Gasteiger partial charge in [-0.25, -0.2) is 9.97 Å². The summed E-state index contributed by atoms with van der Waals surface area (Å²) in [5, 5.41) is 15.2. The molecule has 3 aromatic rings. The first-order valence-electron chi connectivity index (χ1n) is 11.1. The molecule has 190 valence electrons. The van der Waals surface area contributed by atoms with E-state index in [2.05, 4.69) is 20.6 Å². The van der Waals surface area contributed by atoms with Crippen LogP contribution in [0.25, 0.3) is 11.0 Å². The number of ether oxygens (including phenoxy) is 1. The van der Waals surface area contributed by atoms with Crippen LogP contribution in [0.4, 0.5) is 19.0 Å². The van der Waals surface area contributed by atoms with E-state index in [0.717, 1.165) is 17.6 Å². The van der Waals surface area contributed by atoms with Crippen molar-refractivity contribution in [2.24, 2.45) is 0 Å². The fourth-order valence-electron chi connectivity index (χ4n) is 3.71. The number of carbonyl (C=O) groups excluding carboxylic acids is 1. The van der Waals surface area contributed by atoms with E-state index >= 15 is 0 Å². The zero-order chi connectivity index (χ0) is 25.7. The third-order valence-electron chi connectivity index (χ3n) is 5.42. The molecule has 1 amide bonds. The highest BCUT2D eigenvalue weighted by molar-refractivity contribution is 6.30. The van der Waals surface area contributed by atoms with E-state index in [1.165, 1.54) is 18.5 Å². The minimum Gasteiger partial charge on any atom is -0.456 e. The Balaban J connectivity index is 1.44. The molecule has 8 nitrogen and oxygen atoms in total. The second-order valence-corrected chi connectivity index (χ2v) is 8.46. The molecule has 0 radical (unpaired) electrons. The Hall–Kier alpha value is -3.57. The first-order valence-corrected chi connectivity index (χ1v) is 11.5. The van der Waals surface area contributed by atoms with E-state index in [0.29, 0.717) is 35.9 Å². The van der Waals surface area contributed by atoms with Crippen molar-refractivity contribution < 1.29 is 27.8 Å². The van der Waals surface area contributed by atoms with Crippen LogP contribution in [-0.2, 0) is 17.5 Å². The third kappa shape index (κ3) is 6.16. The number of allylic oxidation sites excluding steroid dienone is 1. The molecule has 0 fully saturated rings. The maximum Gasteiger partial charge on any atom is 0.416 e. The summed E-state index contributed by atoms with van der Waals surface area (Å²) in [4.78, 5) is 20.2. The summed E-state index contributed by atoms with van der Waals surface area (Å²) >= 11 is 6.42. The maximum atomic E-state index is 13.0. The molecule has 2 heterocycles. The van der Waals surface area contributed by atoms with Crippen molar-refractivity contribution in [1.82, 2.24) is 19.9 Å². The molecular formula is C24H23ClF3N5O3. The number of aliphatic hydroxyl groups excluding tert-OH is 1. The van der Waals surface area contributed by atoms with E-state index in [1.54, 1.807) is 12.2 Å². The van der Waals surface area contributed by atoms with Crippen LogP contribution in [0.1, 0.15) is 18.4 Å². The number of nitrogens with zero attached hydrogens (tertiary/aromatic N) is 3. The van der Waals surface area contributed by atoms with Gasteiger partial charge in [0.25, 0.3) is 0 Å². The van der Waals surface area contributed by atoms with Gasteiger partial charge in [-0.2, -0.15) is 13.2 Å². The summed E-state index contributed by atoms with van der Waals surface area (Å²) in [5.41, 5.74) is 0.650. The molecule has 36 heavy (non-hydrogen) atoms. The van der Waals surface area contributed by atoms with Crippen molar-refractivity contribution >= 4 is 34.4 Å². The highest BCUT2D eigenvalue weighted by Gasteiger charge is 2.30. The molecule has 12 heteroatoms. The Bertz CT molecular complexity index is 1310. The van der Waals surface area contributed by atoms with Gasteiger partial charge in [0.05, 0.1) is 28.8 Å². The predicted molar refractivity (Wildman–Crippen MR) is 128 cm³/mol. The van der Waals surface area contributed by atoms with Gasteiger partial charge in [0.2, 0.25) is 5.91 Å². The number of rotatable bonds is 9. The zero-order valence-electron chi connectivity index (χ0n) is 18.9. The minimum atomic E-state index is -4.47. The van der Waals surface area contributed by atoms with E-state index in [-0.39, 0.29) is 36.5 Å². The fourth-order valence-corrected chi connectivity index (χ4v) is 3.98. The molecule has 4 rings (SSSR count). The fraction of sp³-hybridized carbons (Fsp3) is 0.292. The lowest BCUT2D eigenvalue weighted by atomic mass is 10.1. The smallest absolute Gasteiger partial charge is 0.416 e. The number of anilines is 1. The van der Waals surface area contributed by atoms with Gasteiger partial charge in [-0.05, 0) is 30.3 Å². The second-order valence-electron chi connectivity index (χ2n) is 8.00. The lowest BCUT2D eigenvalue weighted by Crippen LogP contribution is -2.27. The van der Waals surface area contributed by atoms with E-state index in [4.69, 9.17) is 21.4 Å². The van der Waals surface area contributed by atoms with Gasteiger partial charge in [0.1, 0.15) is 23.4 Å². The third-order valence-corrected chi connectivity index (χ3v) is 5.76. The first kappa shape index (κ1) is 25.5. The first-order chi connectivity index (χ1) is 17.2. The Labute approximate surface area is 209 Å². The Kier molecular flexibility index (Phi) is 7.80. The number of aliphatic hydroxyl groups is 1. The molecule has 2 aromatic heterocycles. The van der Waals surface area contributed by atoms with Gasteiger partial charge < -0.3 is 25.0 Å². The standard InChI is InChI=1S/C24H23ClF3N5O3/c25-18-13-16(4-5-20(18)36-17-3-1-2-15(12-17)24(26,27)28)32-23-22-19(30-14-31-23)6-9-33(22)10-8-29-21(35)7-11-34/h1-6,9,12,14,16,34H,7-8,10-11,13H2,(H,29,35)(H,30,31,32). The number of hydrogen-bond donors (Lipinski definition) is 3. The number of benzene rings is 1. The molecule has 1 atom stereocenters. The molecule has 0 spiro atoms. The van der Waals surface area contributed by atoms with Gasteiger partial charge in [-0.15, -0.1) is 0 Å². The van der Waals surface area contributed by atoms with Gasteiger partial charge in [0.15, 0.2) is 5.82 Å². The van der Waals surface area contributed by atoms with E-state index in [9.17, 15) is 18.0 Å². The summed E-state index contributed by atoms with van der Waals surface area (Å²) in [5.74, 6) is 0.632. The van der Waals surface area contributed by atoms with Crippen molar-refractivity contribution in [2.45, 2.75) is 31.6 Å².